The third kappa shape index (κ3) is 5.66. The predicted octanol–water partition coefficient (Wildman–Crippen LogP) is 1.81. The number of carbonyl (C=O) groups excluding carboxylic acids is 1. The van der Waals surface area contributed by atoms with Crippen LogP contribution in [0.2, 0.25) is 0 Å². The van der Waals surface area contributed by atoms with Crippen molar-refractivity contribution in [1.29, 1.82) is 0 Å². The fraction of sp³-hybridized carbons (Fsp3) is 0.474. The number of likely N-dealkylation sites (tertiary alicyclic amines) is 1. The number of amides is 1. The second-order valence-corrected chi connectivity index (χ2v) is 7.00. The number of nitrogens with zero attached hydrogens (tertiary/aromatic N) is 5. The Hall–Kier alpha value is -2.17. The number of halogens is 1. The van der Waals surface area contributed by atoms with Crippen LogP contribution in [0.1, 0.15) is 25.8 Å². The number of guanidine groups is 1. The molecule has 1 saturated heterocycles. The van der Waals surface area contributed by atoms with E-state index in [9.17, 15) is 4.79 Å². The molecule has 1 fully saturated rings. The van der Waals surface area contributed by atoms with Crippen molar-refractivity contribution < 1.29 is 4.79 Å². The summed E-state index contributed by atoms with van der Waals surface area (Å²) in [5, 5.41) is 10.9. The number of aromatic nitrogens is 3. The van der Waals surface area contributed by atoms with Gasteiger partial charge in [0.25, 0.3) is 0 Å². The number of aliphatic imine (C=N–C) groups is 1. The number of hydrogen-bond donors (Lipinski definition) is 2. The van der Waals surface area contributed by atoms with Crippen LogP contribution < -0.4 is 10.6 Å². The van der Waals surface area contributed by atoms with Crippen molar-refractivity contribution in [3.05, 3.63) is 42.5 Å². The Morgan fingerprint density at radius 1 is 1.32 bits per heavy atom. The maximum Gasteiger partial charge on any atom is 0.225 e. The number of rotatable bonds is 5. The summed E-state index contributed by atoms with van der Waals surface area (Å²) in [7, 11) is 1.76. The average molecular weight is 497 g/mol. The lowest BCUT2D eigenvalue weighted by Crippen LogP contribution is -2.45. The zero-order valence-corrected chi connectivity index (χ0v) is 18.8. The van der Waals surface area contributed by atoms with Crippen molar-refractivity contribution in [2.24, 2.45) is 10.9 Å². The van der Waals surface area contributed by atoms with E-state index in [1.54, 1.807) is 18.1 Å². The number of hydrogen-bond acceptors (Lipinski definition) is 4. The van der Waals surface area contributed by atoms with E-state index in [1.807, 2.05) is 30.9 Å². The first-order valence-corrected chi connectivity index (χ1v) is 9.26. The first-order chi connectivity index (χ1) is 13.1. The van der Waals surface area contributed by atoms with Crippen molar-refractivity contribution in [3.63, 3.8) is 0 Å². The highest BCUT2D eigenvalue weighted by Crippen LogP contribution is 2.13. The van der Waals surface area contributed by atoms with Crippen LogP contribution in [0.3, 0.4) is 0 Å². The molecule has 8 nitrogen and oxygen atoms in total. The molecule has 0 saturated carbocycles. The SMILES string of the molecule is CN=C(NCc1ccc(-n2cncn2)cc1)NC1CCN(C(=O)C(C)C)C1.I. The van der Waals surface area contributed by atoms with E-state index in [0.717, 1.165) is 36.7 Å². The molecule has 0 bridgehead atoms. The standard InChI is InChI=1S/C19H27N7O.HI/c1-14(2)18(27)25-9-8-16(11-25)24-19(20-3)22-10-15-4-6-17(7-5-15)26-13-21-12-23-26;/h4-7,12-14,16H,8-11H2,1-3H3,(H2,20,22,24);1H. The van der Waals surface area contributed by atoms with Crippen LogP contribution in [0, 0.1) is 5.92 Å². The zero-order valence-electron chi connectivity index (χ0n) is 16.5. The van der Waals surface area contributed by atoms with Gasteiger partial charge in [-0.15, -0.1) is 24.0 Å². The van der Waals surface area contributed by atoms with Gasteiger partial charge in [-0.05, 0) is 24.1 Å². The lowest BCUT2D eigenvalue weighted by atomic mass is 10.2. The fourth-order valence-electron chi connectivity index (χ4n) is 3.13. The Balaban J connectivity index is 0.00000280. The Bertz CT molecular complexity index is 774. The molecule has 1 aromatic heterocycles. The molecule has 0 spiro atoms. The maximum absolute atomic E-state index is 12.1. The van der Waals surface area contributed by atoms with E-state index in [2.05, 4.69) is 37.8 Å². The first-order valence-electron chi connectivity index (χ1n) is 9.26. The molecule has 1 unspecified atom stereocenters. The monoisotopic (exact) mass is 497 g/mol. The molecule has 2 heterocycles. The number of carbonyl (C=O) groups is 1. The molecule has 1 amide bonds. The maximum atomic E-state index is 12.1. The van der Waals surface area contributed by atoms with Gasteiger partial charge in [-0.3, -0.25) is 9.79 Å². The summed E-state index contributed by atoms with van der Waals surface area (Å²) in [6, 6.07) is 8.35. The third-order valence-corrected chi connectivity index (χ3v) is 4.64. The van der Waals surface area contributed by atoms with Crippen molar-refractivity contribution >= 4 is 35.8 Å². The minimum atomic E-state index is 0. The molecule has 0 radical (unpaired) electrons. The second-order valence-electron chi connectivity index (χ2n) is 7.00. The fourth-order valence-corrected chi connectivity index (χ4v) is 3.13. The largest absolute Gasteiger partial charge is 0.352 e. The minimum Gasteiger partial charge on any atom is -0.352 e. The van der Waals surface area contributed by atoms with Gasteiger partial charge in [0.1, 0.15) is 12.7 Å². The molecule has 152 valence electrons. The highest BCUT2D eigenvalue weighted by Gasteiger charge is 2.27. The molecule has 9 heteroatoms. The molecule has 28 heavy (non-hydrogen) atoms. The molecule has 0 aliphatic carbocycles. The molecular weight excluding hydrogens is 469 g/mol. The molecule has 1 aromatic carbocycles. The second kappa shape index (κ2) is 10.4. The summed E-state index contributed by atoms with van der Waals surface area (Å²) < 4.78 is 1.72. The van der Waals surface area contributed by atoms with E-state index in [1.165, 1.54) is 6.33 Å². The minimum absolute atomic E-state index is 0. The Morgan fingerprint density at radius 2 is 2.07 bits per heavy atom. The van der Waals surface area contributed by atoms with Gasteiger partial charge in [-0.25, -0.2) is 9.67 Å². The normalized spacial score (nSPS) is 16.8. The van der Waals surface area contributed by atoms with Gasteiger partial charge >= 0.3 is 0 Å². The van der Waals surface area contributed by atoms with E-state index in [-0.39, 0.29) is 41.8 Å². The summed E-state index contributed by atoms with van der Waals surface area (Å²) in [5.41, 5.74) is 2.12. The molecular formula is C19H28IN7O. The molecule has 2 N–H and O–H groups in total. The Labute approximate surface area is 182 Å². The lowest BCUT2D eigenvalue weighted by molar-refractivity contribution is -0.133. The summed E-state index contributed by atoms with van der Waals surface area (Å²) in [5.74, 6) is 1.01. The zero-order chi connectivity index (χ0) is 19.2. The van der Waals surface area contributed by atoms with E-state index < -0.39 is 0 Å². The van der Waals surface area contributed by atoms with Gasteiger partial charge in [-0.2, -0.15) is 5.10 Å². The number of nitrogens with one attached hydrogen (secondary N) is 2. The number of benzene rings is 1. The average Bonchev–Trinajstić information content (AvgIpc) is 3.37. The Kier molecular flexibility index (Phi) is 8.21. The highest BCUT2D eigenvalue weighted by atomic mass is 127. The van der Waals surface area contributed by atoms with Gasteiger partial charge in [0.05, 0.1) is 5.69 Å². The topological polar surface area (TPSA) is 87.4 Å². The summed E-state index contributed by atoms with van der Waals surface area (Å²) in [4.78, 5) is 22.3. The van der Waals surface area contributed by atoms with E-state index in [4.69, 9.17) is 0 Å². The molecule has 1 aliphatic rings. The summed E-state index contributed by atoms with van der Waals surface area (Å²) in [6.07, 6.45) is 4.13. The van der Waals surface area contributed by atoms with Crippen LogP contribution in [-0.4, -0.2) is 57.7 Å². The smallest absolute Gasteiger partial charge is 0.225 e. The van der Waals surface area contributed by atoms with Crippen LogP contribution in [0.15, 0.2) is 41.9 Å². The molecule has 3 rings (SSSR count). The predicted molar refractivity (Wildman–Crippen MR) is 120 cm³/mol. The molecule has 2 aromatic rings. The van der Waals surface area contributed by atoms with E-state index in [0.29, 0.717) is 6.54 Å². The van der Waals surface area contributed by atoms with Crippen molar-refractivity contribution in [3.8, 4) is 5.69 Å². The molecule has 1 atom stereocenters. The summed E-state index contributed by atoms with van der Waals surface area (Å²) in [6.45, 7) is 6.08. The third-order valence-electron chi connectivity index (χ3n) is 4.64. The van der Waals surface area contributed by atoms with Gasteiger partial charge in [-0.1, -0.05) is 26.0 Å². The quantitative estimate of drug-likeness (QED) is 0.374. The summed E-state index contributed by atoms with van der Waals surface area (Å²) >= 11 is 0. The first kappa shape index (κ1) is 22.1. The van der Waals surface area contributed by atoms with Crippen LogP contribution >= 0.6 is 24.0 Å². The van der Waals surface area contributed by atoms with Gasteiger partial charge in [0, 0.05) is 38.6 Å². The van der Waals surface area contributed by atoms with Gasteiger partial charge in [0.2, 0.25) is 5.91 Å². The Morgan fingerprint density at radius 3 is 2.68 bits per heavy atom. The van der Waals surface area contributed by atoms with Gasteiger partial charge < -0.3 is 15.5 Å². The van der Waals surface area contributed by atoms with Crippen LogP contribution in [0.4, 0.5) is 0 Å². The van der Waals surface area contributed by atoms with Crippen LogP contribution in [0.5, 0.6) is 0 Å². The van der Waals surface area contributed by atoms with Crippen molar-refractivity contribution in [1.82, 2.24) is 30.3 Å². The van der Waals surface area contributed by atoms with Crippen LogP contribution in [-0.2, 0) is 11.3 Å². The van der Waals surface area contributed by atoms with Crippen molar-refractivity contribution in [2.45, 2.75) is 32.9 Å². The highest BCUT2D eigenvalue weighted by molar-refractivity contribution is 14.0. The van der Waals surface area contributed by atoms with Crippen molar-refractivity contribution in [2.75, 3.05) is 20.1 Å². The lowest BCUT2D eigenvalue weighted by Gasteiger charge is -2.20. The van der Waals surface area contributed by atoms with Crippen LogP contribution in [0.25, 0.3) is 5.69 Å². The van der Waals surface area contributed by atoms with E-state index >= 15 is 0 Å². The molecule has 1 aliphatic heterocycles. The van der Waals surface area contributed by atoms with Gasteiger partial charge in [0.15, 0.2) is 5.96 Å².